The molecule has 0 atom stereocenters. The highest BCUT2D eigenvalue weighted by molar-refractivity contribution is 5.95. The Labute approximate surface area is 159 Å². The fourth-order valence-corrected chi connectivity index (χ4v) is 3.46. The summed E-state index contributed by atoms with van der Waals surface area (Å²) in [6, 6.07) is 11.4. The van der Waals surface area contributed by atoms with Crippen LogP contribution in [-0.4, -0.2) is 33.4 Å². The van der Waals surface area contributed by atoms with Gasteiger partial charge in [-0.15, -0.1) is 0 Å². The topological polar surface area (TPSA) is 38.1 Å². The third-order valence-corrected chi connectivity index (χ3v) is 4.86. The number of hydrogen-bond donors (Lipinski definition) is 0. The first-order chi connectivity index (χ1) is 13.4. The molecule has 2 aromatic carbocycles. The fraction of sp³-hybridized carbons (Fsp3) is 0.238. The molecule has 28 heavy (non-hydrogen) atoms. The molecule has 4 rings (SSSR count). The van der Waals surface area contributed by atoms with E-state index in [0.29, 0.717) is 24.2 Å². The maximum Gasteiger partial charge on any atom is 0.416 e. The minimum absolute atomic E-state index is 0.186. The van der Waals surface area contributed by atoms with Crippen LogP contribution in [0.2, 0.25) is 0 Å². The number of benzene rings is 2. The molecule has 0 aliphatic carbocycles. The first-order valence-corrected chi connectivity index (χ1v) is 9.04. The Morgan fingerprint density at radius 3 is 2.46 bits per heavy atom. The van der Waals surface area contributed by atoms with Crippen LogP contribution in [0.4, 0.5) is 13.2 Å². The fourth-order valence-electron chi connectivity index (χ4n) is 3.46. The number of amides is 1. The summed E-state index contributed by atoms with van der Waals surface area (Å²) in [6.07, 6.45) is 1.72. The molecule has 1 saturated heterocycles. The van der Waals surface area contributed by atoms with E-state index in [2.05, 4.69) is 4.98 Å². The minimum Gasteiger partial charge on any atom is -0.339 e. The van der Waals surface area contributed by atoms with Crippen molar-refractivity contribution in [2.45, 2.75) is 19.0 Å². The molecular weight excluding hydrogens is 367 g/mol. The molecule has 0 unspecified atom stereocenters. The van der Waals surface area contributed by atoms with Crippen molar-refractivity contribution in [3.63, 3.8) is 0 Å². The van der Waals surface area contributed by atoms with Crippen LogP contribution < -0.4 is 0 Å². The molecule has 2 heterocycles. The number of likely N-dealkylation sites (tertiary alicyclic amines) is 1. The average molecular weight is 385 g/mol. The molecule has 3 aromatic rings. The number of aromatic nitrogens is 2. The van der Waals surface area contributed by atoms with Crippen molar-refractivity contribution in [1.82, 2.24) is 14.5 Å². The molecule has 4 nitrogen and oxygen atoms in total. The van der Waals surface area contributed by atoms with Crippen molar-refractivity contribution in [3.8, 4) is 5.69 Å². The van der Waals surface area contributed by atoms with Crippen molar-refractivity contribution >= 4 is 23.0 Å². The Kier molecular flexibility index (Phi) is 4.66. The minimum atomic E-state index is -4.49. The van der Waals surface area contributed by atoms with Gasteiger partial charge in [0.2, 0.25) is 5.91 Å². The van der Waals surface area contributed by atoms with Crippen LogP contribution in [0.5, 0.6) is 0 Å². The number of halogens is 3. The van der Waals surface area contributed by atoms with Gasteiger partial charge in [0.05, 0.1) is 16.6 Å². The second-order valence-electron chi connectivity index (χ2n) is 6.75. The second kappa shape index (κ2) is 7.14. The molecule has 1 aliphatic heterocycles. The Hall–Kier alpha value is -3.09. The van der Waals surface area contributed by atoms with E-state index in [9.17, 15) is 18.0 Å². The van der Waals surface area contributed by atoms with Gasteiger partial charge in [-0.25, -0.2) is 4.98 Å². The molecule has 1 aliphatic rings. The summed E-state index contributed by atoms with van der Waals surface area (Å²) in [4.78, 5) is 18.2. The average Bonchev–Trinajstić information content (AvgIpc) is 3.35. The molecule has 0 bridgehead atoms. The smallest absolute Gasteiger partial charge is 0.339 e. The van der Waals surface area contributed by atoms with Crippen LogP contribution in [0.1, 0.15) is 24.0 Å². The van der Waals surface area contributed by atoms with Gasteiger partial charge in [0.15, 0.2) is 0 Å². The molecule has 1 aromatic heterocycles. The van der Waals surface area contributed by atoms with Crippen LogP contribution in [0.15, 0.2) is 54.9 Å². The zero-order valence-corrected chi connectivity index (χ0v) is 15.0. The van der Waals surface area contributed by atoms with Crippen molar-refractivity contribution in [3.05, 3.63) is 66.0 Å². The van der Waals surface area contributed by atoms with E-state index in [0.717, 1.165) is 30.7 Å². The van der Waals surface area contributed by atoms with Gasteiger partial charge in [0.1, 0.15) is 6.33 Å². The second-order valence-corrected chi connectivity index (χ2v) is 6.75. The van der Waals surface area contributed by atoms with Gasteiger partial charge in [-0.05, 0) is 43.2 Å². The number of alkyl halides is 3. The summed E-state index contributed by atoms with van der Waals surface area (Å²) in [5, 5.41) is 0. The lowest BCUT2D eigenvalue weighted by Gasteiger charge is -2.13. The van der Waals surface area contributed by atoms with Crippen molar-refractivity contribution in [1.29, 1.82) is 0 Å². The number of carbonyl (C=O) groups is 1. The number of nitrogens with zero attached hydrogens (tertiary/aromatic N) is 3. The first-order valence-electron chi connectivity index (χ1n) is 9.04. The van der Waals surface area contributed by atoms with E-state index < -0.39 is 11.7 Å². The van der Waals surface area contributed by atoms with Crippen LogP contribution in [0.25, 0.3) is 22.8 Å². The molecule has 7 heteroatoms. The van der Waals surface area contributed by atoms with E-state index in [1.807, 2.05) is 30.3 Å². The monoisotopic (exact) mass is 385 g/mol. The standard InChI is InChI=1S/C21H18F3N3O/c22-21(23,24)16-12-15(8-9-19(28)26-10-4-5-11-26)20-18(13-16)25-14-27(20)17-6-2-1-3-7-17/h1-3,6-9,12-14H,4-5,10-11H2/b9-8-. The summed E-state index contributed by atoms with van der Waals surface area (Å²) in [6.45, 7) is 1.37. The van der Waals surface area contributed by atoms with Crippen LogP contribution in [0.3, 0.4) is 0 Å². The first kappa shape index (κ1) is 18.3. The van der Waals surface area contributed by atoms with Gasteiger partial charge in [0, 0.05) is 30.4 Å². The predicted octanol–water partition coefficient (Wildman–Crippen LogP) is 4.68. The molecule has 144 valence electrons. The van der Waals surface area contributed by atoms with Gasteiger partial charge < -0.3 is 4.90 Å². The Morgan fingerprint density at radius 1 is 1.07 bits per heavy atom. The zero-order chi connectivity index (χ0) is 19.7. The van der Waals surface area contributed by atoms with Crippen molar-refractivity contribution < 1.29 is 18.0 Å². The van der Waals surface area contributed by atoms with Crippen LogP contribution in [0, 0.1) is 0 Å². The normalized spacial score (nSPS) is 15.0. The van der Waals surface area contributed by atoms with E-state index in [4.69, 9.17) is 0 Å². The molecule has 0 radical (unpaired) electrons. The number of fused-ring (bicyclic) bond motifs is 1. The molecule has 0 N–H and O–H groups in total. The van der Waals surface area contributed by atoms with E-state index >= 15 is 0 Å². The van der Waals surface area contributed by atoms with Crippen LogP contribution >= 0.6 is 0 Å². The molecule has 0 saturated carbocycles. The summed E-state index contributed by atoms with van der Waals surface area (Å²) in [5.74, 6) is -0.186. The van der Waals surface area contributed by atoms with E-state index in [-0.39, 0.29) is 11.4 Å². The highest BCUT2D eigenvalue weighted by Gasteiger charge is 2.32. The van der Waals surface area contributed by atoms with Gasteiger partial charge in [-0.3, -0.25) is 9.36 Å². The maximum atomic E-state index is 13.3. The van der Waals surface area contributed by atoms with E-state index in [1.165, 1.54) is 18.5 Å². The maximum absolute atomic E-state index is 13.3. The highest BCUT2D eigenvalue weighted by Crippen LogP contribution is 2.34. The highest BCUT2D eigenvalue weighted by atomic mass is 19.4. The Bertz CT molecular complexity index is 1030. The largest absolute Gasteiger partial charge is 0.416 e. The third kappa shape index (κ3) is 3.52. The van der Waals surface area contributed by atoms with Crippen LogP contribution in [-0.2, 0) is 11.0 Å². The summed E-state index contributed by atoms with van der Waals surface area (Å²) in [7, 11) is 0. The van der Waals surface area contributed by atoms with Crippen molar-refractivity contribution in [2.24, 2.45) is 0 Å². The number of rotatable bonds is 3. The van der Waals surface area contributed by atoms with Gasteiger partial charge >= 0.3 is 6.18 Å². The predicted molar refractivity (Wildman–Crippen MR) is 101 cm³/mol. The lowest BCUT2D eigenvalue weighted by molar-refractivity contribution is -0.137. The lowest BCUT2D eigenvalue weighted by Crippen LogP contribution is -2.25. The molecule has 1 amide bonds. The zero-order valence-electron chi connectivity index (χ0n) is 15.0. The number of imidazole rings is 1. The Balaban J connectivity index is 1.83. The van der Waals surface area contributed by atoms with Crippen molar-refractivity contribution in [2.75, 3.05) is 13.1 Å². The van der Waals surface area contributed by atoms with Gasteiger partial charge in [-0.1, -0.05) is 18.2 Å². The van der Waals surface area contributed by atoms with Gasteiger partial charge in [-0.2, -0.15) is 13.2 Å². The summed E-state index contributed by atoms with van der Waals surface area (Å²) >= 11 is 0. The summed E-state index contributed by atoms with van der Waals surface area (Å²) < 4.78 is 41.7. The Morgan fingerprint density at radius 2 is 1.79 bits per heavy atom. The lowest BCUT2D eigenvalue weighted by atomic mass is 10.1. The molecule has 1 fully saturated rings. The number of hydrogen-bond acceptors (Lipinski definition) is 2. The molecular formula is C21H18F3N3O. The SMILES string of the molecule is O=C(/C=C\c1cc(C(F)(F)F)cc2ncn(-c3ccccc3)c12)N1CCCC1. The van der Waals surface area contributed by atoms with Gasteiger partial charge in [0.25, 0.3) is 0 Å². The number of carbonyl (C=O) groups excluding carboxylic acids is 1. The quantitative estimate of drug-likeness (QED) is 0.614. The third-order valence-electron chi connectivity index (χ3n) is 4.86. The summed E-state index contributed by atoms with van der Waals surface area (Å²) in [5.41, 5.74) is 1.06. The van der Waals surface area contributed by atoms with E-state index in [1.54, 1.807) is 9.47 Å². The number of para-hydroxylation sites is 1. The molecule has 0 spiro atoms.